The van der Waals surface area contributed by atoms with Crippen LogP contribution >= 0.6 is 0 Å². The number of piperidine rings is 1. The van der Waals surface area contributed by atoms with E-state index in [1.807, 2.05) is 0 Å². The van der Waals surface area contributed by atoms with Crippen molar-refractivity contribution in [1.82, 2.24) is 4.31 Å². The van der Waals surface area contributed by atoms with Gasteiger partial charge in [-0.3, -0.25) is 0 Å². The maximum atomic E-state index is 11.6. The largest absolute Gasteiger partial charge is 0.390 e. The molecule has 0 aromatic rings. The molecule has 0 radical (unpaired) electrons. The Morgan fingerprint density at radius 3 is 2.68 bits per heavy atom. The van der Waals surface area contributed by atoms with Crippen molar-refractivity contribution in [2.45, 2.75) is 57.5 Å². The maximum absolute atomic E-state index is 11.6. The van der Waals surface area contributed by atoms with Crippen molar-refractivity contribution in [3.8, 4) is 0 Å². The van der Waals surface area contributed by atoms with Crippen LogP contribution in [0.2, 0.25) is 0 Å². The molecule has 0 spiro atoms. The summed E-state index contributed by atoms with van der Waals surface area (Å²) in [5, 5.41) is 10.7. The van der Waals surface area contributed by atoms with Crippen LogP contribution in [-0.2, 0) is 10.0 Å². The van der Waals surface area contributed by atoms with E-state index in [2.05, 4.69) is 6.92 Å². The Hall–Kier alpha value is -0.130. The summed E-state index contributed by atoms with van der Waals surface area (Å²) < 4.78 is 24.8. The lowest BCUT2D eigenvalue weighted by Crippen LogP contribution is -2.43. The average Bonchev–Trinajstić information content (AvgIpc) is 2.27. The molecule has 2 rings (SSSR count). The van der Waals surface area contributed by atoms with E-state index in [9.17, 15) is 13.5 Å². The smallest absolute Gasteiger partial charge is 0.211 e. The van der Waals surface area contributed by atoms with Gasteiger partial charge in [0.2, 0.25) is 10.0 Å². The van der Waals surface area contributed by atoms with E-state index >= 15 is 0 Å². The Balaban J connectivity index is 1.95. The number of sulfonamides is 1. The van der Waals surface area contributed by atoms with Crippen molar-refractivity contribution in [2.75, 3.05) is 19.3 Å². The van der Waals surface area contributed by atoms with Gasteiger partial charge in [-0.15, -0.1) is 0 Å². The van der Waals surface area contributed by atoms with Crippen LogP contribution in [0.15, 0.2) is 0 Å². The van der Waals surface area contributed by atoms with Crippen LogP contribution in [0.5, 0.6) is 0 Å². The van der Waals surface area contributed by atoms with Crippen LogP contribution in [0.1, 0.15) is 51.9 Å². The molecule has 4 nitrogen and oxygen atoms in total. The highest BCUT2D eigenvalue weighted by atomic mass is 32.2. The highest BCUT2D eigenvalue weighted by Gasteiger charge is 2.37. The van der Waals surface area contributed by atoms with Crippen LogP contribution in [0.4, 0.5) is 0 Å². The third kappa shape index (κ3) is 4.17. The first-order valence-corrected chi connectivity index (χ1v) is 9.31. The Morgan fingerprint density at radius 2 is 2.05 bits per heavy atom. The van der Waals surface area contributed by atoms with Gasteiger partial charge in [0.1, 0.15) is 0 Å². The molecule has 0 aromatic carbocycles. The van der Waals surface area contributed by atoms with Crippen LogP contribution in [0.25, 0.3) is 0 Å². The molecule has 1 saturated heterocycles. The van der Waals surface area contributed by atoms with Gasteiger partial charge >= 0.3 is 0 Å². The summed E-state index contributed by atoms with van der Waals surface area (Å²) in [5.41, 5.74) is -0.553. The first-order valence-electron chi connectivity index (χ1n) is 7.46. The topological polar surface area (TPSA) is 57.6 Å². The first-order chi connectivity index (χ1) is 8.78. The molecular formula is C14H27NO3S. The molecule has 0 amide bonds. The van der Waals surface area contributed by atoms with E-state index < -0.39 is 15.6 Å². The van der Waals surface area contributed by atoms with E-state index in [-0.39, 0.29) is 0 Å². The predicted octanol–water partition coefficient (Wildman–Crippen LogP) is 1.99. The summed E-state index contributed by atoms with van der Waals surface area (Å²) in [7, 11) is -3.08. The Bertz CT molecular complexity index is 409. The summed E-state index contributed by atoms with van der Waals surface area (Å²) in [6, 6.07) is 0. The van der Waals surface area contributed by atoms with Gasteiger partial charge in [-0.2, -0.15) is 0 Å². The summed E-state index contributed by atoms with van der Waals surface area (Å²) >= 11 is 0. The molecule has 1 N–H and O–H groups in total. The highest BCUT2D eigenvalue weighted by Crippen LogP contribution is 2.38. The quantitative estimate of drug-likeness (QED) is 0.864. The zero-order valence-electron chi connectivity index (χ0n) is 12.1. The van der Waals surface area contributed by atoms with E-state index in [0.717, 1.165) is 38.5 Å². The number of hydrogen-bond acceptors (Lipinski definition) is 3. The third-order valence-electron chi connectivity index (χ3n) is 4.69. The average molecular weight is 289 g/mol. The van der Waals surface area contributed by atoms with Crippen LogP contribution in [0.3, 0.4) is 0 Å². The number of aliphatic hydroxyl groups is 1. The van der Waals surface area contributed by atoms with Gasteiger partial charge in [0, 0.05) is 13.1 Å². The molecule has 3 unspecified atom stereocenters. The Kier molecular flexibility index (Phi) is 4.58. The van der Waals surface area contributed by atoms with Crippen molar-refractivity contribution in [2.24, 2.45) is 11.8 Å². The Labute approximate surface area is 117 Å². The minimum atomic E-state index is -3.08. The van der Waals surface area contributed by atoms with Gasteiger partial charge in [-0.05, 0) is 43.9 Å². The monoisotopic (exact) mass is 289 g/mol. The zero-order valence-corrected chi connectivity index (χ0v) is 13.0. The molecule has 5 heteroatoms. The summed E-state index contributed by atoms with van der Waals surface area (Å²) in [5.74, 6) is 0.909. The minimum absolute atomic E-state index is 0.318. The molecule has 1 aliphatic heterocycles. The summed E-state index contributed by atoms with van der Waals surface area (Å²) in [6.45, 7) is 3.44. The number of nitrogens with zero attached hydrogens (tertiary/aromatic N) is 1. The molecular weight excluding hydrogens is 262 g/mol. The van der Waals surface area contributed by atoms with Crippen molar-refractivity contribution >= 4 is 10.0 Å². The second-order valence-electron chi connectivity index (χ2n) is 6.76. The standard InChI is InChI=1S/C14H27NO3S/c1-12-5-3-7-14(16,9-12)10-13-6-4-8-15(11-13)19(2,17)18/h12-13,16H,3-11H2,1-2H3. The Morgan fingerprint density at radius 1 is 1.32 bits per heavy atom. The number of hydrogen-bond donors (Lipinski definition) is 1. The van der Waals surface area contributed by atoms with E-state index in [4.69, 9.17) is 0 Å². The second-order valence-corrected chi connectivity index (χ2v) is 8.74. The third-order valence-corrected chi connectivity index (χ3v) is 5.96. The van der Waals surface area contributed by atoms with Crippen LogP contribution < -0.4 is 0 Å². The molecule has 0 bridgehead atoms. The predicted molar refractivity (Wildman–Crippen MR) is 76.3 cm³/mol. The normalized spacial score (nSPS) is 38.3. The lowest BCUT2D eigenvalue weighted by Gasteiger charge is -2.40. The fourth-order valence-corrected chi connectivity index (χ4v) is 4.79. The second kappa shape index (κ2) is 5.70. The molecule has 19 heavy (non-hydrogen) atoms. The molecule has 2 fully saturated rings. The SMILES string of the molecule is CC1CCCC(O)(CC2CCCN(S(C)(=O)=O)C2)C1. The van der Waals surface area contributed by atoms with Crippen molar-refractivity contribution in [3.05, 3.63) is 0 Å². The number of rotatable bonds is 3. The zero-order chi connectivity index (χ0) is 14.1. The summed E-state index contributed by atoms with van der Waals surface area (Å²) in [6.07, 6.45) is 8.08. The van der Waals surface area contributed by atoms with Crippen LogP contribution in [-0.4, -0.2) is 42.8 Å². The maximum Gasteiger partial charge on any atom is 0.211 e. The van der Waals surface area contributed by atoms with Crippen LogP contribution in [0, 0.1) is 11.8 Å². The van der Waals surface area contributed by atoms with Gasteiger partial charge < -0.3 is 5.11 Å². The van der Waals surface area contributed by atoms with Gasteiger partial charge in [-0.1, -0.05) is 19.8 Å². The van der Waals surface area contributed by atoms with Gasteiger partial charge in [0.05, 0.1) is 11.9 Å². The van der Waals surface area contributed by atoms with E-state index in [0.29, 0.717) is 24.9 Å². The first kappa shape index (κ1) is 15.3. The molecule has 2 aliphatic rings. The molecule has 112 valence electrons. The minimum Gasteiger partial charge on any atom is -0.390 e. The summed E-state index contributed by atoms with van der Waals surface area (Å²) in [4.78, 5) is 0. The van der Waals surface area contributed by atoms with E-state index in [1.165, 1.54) is 12.7 Å². The van der Waals surface area contributed by atoms with E-state index in [1.54, 1.807) is 4.31 Å². The van der Waals surface area contributed by atoms with Gasteiger partial charge in [-0.25, -0.2) is 12.7 Å². The van der Waals surface area contributed by atoms with Crippen molar-refractivity contribution in [3.63, 3.8) is 0 Å². The fourth-order valence-electron chi connectivity index (χ4n) is 3.85. The molecule has 1 aliphatic carbocycles. The van der Waals surface area contributed by atoms with Gasteiger partial charge in [0.15, 0.2) is 0 Å². The lowest BCUT2D eigenvalue weighted by atomic mass is 9.73. The van der Waals surface area contributed by atoms with Crippen molar-refractivity contribution < 1.29 is 13.5 Å². The van der Waals surface area contributed by atoms with Crippen molar-refractivity contribution in [1.29, 1.82) is 0 Å². The van der Waals surface area contributed by atoms with Gasteiger partial charge in [0.25, 0.3) is 0 Å². The lowest BCUT2D eigenvalue weighted by molar-refractivity contribution is -0.0375. The molecule has 1 heterocycles. The fraction of sp³-hybridized carbons (Fsp3) is 1.00. The highest BCUT2D eigenvalue weighted by molar-refractivity contribution is 7.88. The molecule has 0 aromatic heterocycles. The molecule has 3 atom stereocenters. The molecule has 1 saturated carbocycles.